The predicted molar refractivity (Wildman–Crippen MR) is 217 cm³/mol. The molecule has 0 radical (unpaired) electrons. The number of ether oxygens (including phenoxy) is 2. The Morgan fingerprint density at radius 1 is 0.732 bits per heavy atom. The first kappa shape index (κ1) is 42.7. The van der Waals surface area contributed by atoms with Crippen molar-refractivity contribution in [2.24, 2.45) is 18.9 Å². The molecule has 0 bridgehead atoms. The number of hydrogen-bond acceptors (Lipinski definition) is 11. The van der Waals surface area contributed by atoms with E-state index in [1.165, 1.54) is 23.7 Å². The number of nitrogens with one attached hydrogen (secondary N) is 4. The van der Waals surface area contributed by atoms with Crippen molar-refractivity contribution in [3.63, 3.8) is 0 Å². The van der Waals surface area contributed by atoms with E-state index in [-0.39, 0.29) is 15.7 Å². The largest absolute Gasteiger partial charge is 0.491 e. The number of aryl methyl sites for hydroxylation is 5. The van der Waals surface area contributed by atoms with E-state index in [4.69, 9.17) is 19.7 Å². The van der Waals surface area contributed by atoms with E-state index in [0.29, 0.717) is 71.7 Å². The van der Waals surface area contributed by atoms with Crippen molar-refractivity contribution in [1.29, 1.82) is 0 Å². The molecule has 18 heteroatoms. The van der Waals surface area contributed by atoms with Gasteiger partial charge in [-0.2, -0.15) is 0 Å². The molecule has 5 rings (SSSR count). The van der Waals surface area contributed by atoms with Crippen LogP contribution < -0.4 is 30.7 Å². The zero-order valence-corrected chi connectivity index (χ0v) is 33.8. The molecule has 3 heterocycles. The highest BCUT2D eigenvalue weighted by Gasteiger charge is 2.15. The van der Waals surface area contributed by atoms with Crippen LogP contribution in [0.15, 0.2) is 55.0 Å². The SMILES string of the molecule is Cc1ccc(NC(=O)Nc2ncc(C(=O)O)s2)c(OCC(C)C)c1.Cc1ccc(NC(=O)Nc2ncc(CCc3nc(C(=O)O)cn3C)s2)c(OCC(C)C)c1. The van der Waals surface area contributed by atoms with Gasteiger partial charge in [-0.05, 0) is 67.5 Å². The quantitative estimate of drug-likeness (QED) is 0.0592. The smallest absolute Gasteiger partial charge is 0.356 e. The van der Waals surface area contributed by atoms with Crippen LogP contribution in [0, 0.1) is 25.7 Å². The van der Waals surface area contributed by atoms with Gasteiger partial charge in [-0.25, -0.2) is 34.1 Å². The van der Waals surface area contributed by atoms with Crippen LogP contribution in [0.1, 0.15) is 69.7 Å². The molecule has 0 unspecified atom stereocenters. The minimum Gasteiger partial charge on any atom is -0.491 e. The highest BCUT2D eigenvalue weighted by atomic mass is 32.1. The molecule has 4 amide bonds. The first-order valence-electron chi connectivity index (χ1n) is 17.6. The standard InChI is InChI=1S/C22H27N5O4S.C16H19N3O4S/c1-13(2)12-31-18-9-14(3)5-7-16(18)25-21(30)26-22-23-10-15(32-22)6-8-19-24-17(20(28)29)11-27(19)4;1-9(2)8-23-12-6-10(3)4-5-11(12)18-15(22)19-16-17-7-13(24-16)14(20)21/h5,7,9-11,13H,6,8,12H2,1-4H3,(H,28,29)(H2,23,25,26,30);4-7,9H,8H2,1-3H3,(H,20,21)(H2,17,18,19,22). The molecule has 0 saturated heterocycles. The molecule has 6 N–H and O–H groups in total. The molecule has 2 aromatic carbocycles. The number of nitrogens with zero attached hydrogens (tertiary/aromatic N) is 4. The summed E-state index contributed by atoms with van der Waals surface area (Å²) < 4.78 is 13.3. The Bertz CT molecular complexity index is 2140. The maximum atomic E-state index is 12.5. The van der Waals surface area contributed by atoms with Crippen LogP contribution in [0.5, 0.6) is 11.5 Å². The van der Waals surface area contributed by atoms with Crippen molar-refractivity contribution < 1.29 is 38.9 Å². The topological polar surface area (TPSA) is 219 Å². The molecular formula is C38H46N8O8S2. The van der Waals surface area contributed by atoms with Crippen LogP contribution in [0.2, 0.25) is 0 Å². The van der Waals surface area contributed by atoms with Crippen molar-refractivity contribution in [1.82, 2.24) is 19.5 Å². The van der Waals surface area contributed by atoms with Crippen LogP contribution in [0.3, 0.4) is 0 Å². The number of carbonyl (C=O) groups excluding carboxylic acids is 2. The van der Waals surface area contributed by atoms with Crippen LogP contribution in [-0.2, 0) is 19.9 Å². The van der Waals surface area contributed by atoms with E-state index in [1.807, 2.05) is 58.0 Å². The molecule has 16 nitrogen and oxygen atoms in total. The molecule has 0 fully saturated rings. The van der Waals surface area contributed by atoms with Gasteiger partial charge in [0.05, 0.1) is 30.8 Å². The Morgan fingerprint density at radius 2 is 1.25 bits per heavy atom. The number of thiazole rings is 2. The summed E-state index contributed by atoms with van der Waals surface area (Å²) in [4.78, 5) is 59.7. The molecule has 0 saturated carbocycles. The zero-order chi connectivity index (χ0) is 40.9. The summed E-state index contributed by atoms with van der Waals surface area (Å²) in [5.74, 6) is 0.492. The summed E-state index contributed by atoms with van der Waals surface area (Å²) in [6.07, 6.45) is 5.59. The van der Waals surface area contributed by atoms with Gasteiger partial charge >= 0.3 is 24.0 Å². The Morgan fingerprint density at radius 3 is 1.71 bits per heavy atom. The number of hydrogen-bond donors (Lipinski definition) is 6. The summed E-state index contributed by atoms with van der Waals surface area (Å²) in [5, 5.41) is 29.4. The number of benzene rings is 2. The van der Waals surface area contributed by atoms with Gasteiger partial charge < -0.3 is 34.9 Å². The molecule has 0 atom stereocenters. The second-order valence-corrected chi connectivity index (χ2v) is 15.6. The van der Waals surface area contributed by atoms with Gasteiger partial charge in [-0.3, -0.25) is 10.6 Å². The van der Waals surface area contributed by atoms with E-state index in [2.05, 4.69) is 50.1 Å². The lowest BCUT2D eigenvalue weighted by Gasteiger charge is -2.14. The third-order valence-corrected chi connectivity index (χ3v) is 9.29. The van der Waals surface area contributed by atoms with Crippen LogP contribution in [-0.4, -0.2) is 66.9 Å². The van der Waals surface area contributed by atoms with Crippen molar-refractivity contribution in [3.05, 3.63) is 87.4 Å². The maximum Gasteiger partial charge on any atom is 0.356 e. The minimum absolute atomic E-state index is 0.0266. The van der Waals surface area contributed by atoms with Gasteiger partial charge in [0.25, 0.3) is 0 Å². The lowest BCUT2D eigenvalue weighted by atomic mass is 10.2. The lowest BCUT2D eigenvalue weighted by Crippen LogP contribution is -2.20. The molecular weight excluding hydrogens is 761 g/mol. The second-order valence-electron chi connectivity index (χ2n) is 13.5. The second kappa shape index (κ2) is 20.1. The summed E-state index contributed by atoms with van der Waals surface area (Å²) in [6.45, 7) is 13.2. The Labute approximate surface area is 332 Å². The van der Waals surface area contributed by atoms with Gasteiger partial charge in [0.2, 0.25) is 0 Å². The molecule has 0 aliphatic carbocycles. The number of aromatic carboxylic acids is 2. The number of carbonyl (C=O) groups is 4. The van der Waals surface area contributed by atoms with Gasteiger partial charge in [0, 0.05) is 30.7 Å². The van der Waals surface area contributed by atoms with E-state index in [1.54, 1.807) is 23.9 Å². The normalized spacial score (nSPS) is 10.7. The lowest BCUT2D eigenvalue weighted by molar-refractivity contribution is 0.0684. The number of carboxylic acids is 2. The average Bonchev–Trinajstić information content (AvgIpc) is 3.88. The highest BCUT2D eigenvalue weighted by Crippen LogP contribution is 2.28. The number of anilines is 4. The third kappa shape index (κ3) is 13.4. The van der Waals surface area contributed by atoms with E-state index in [9.17, 15) is 19.2 Å². The zero-order valence-electron chi connectivity index (χ0n) is 32.1. The van der Waals surface area contributed by atoms with Crippen LogP contribution in [0.4, 0.5) is 31.2 Å². The third-order valence-electron chi connectivity index (χ3n) is 7.41. The van der Waals surface area contributed by atoms with Crippen molar-refractivity contribution in [2.75, 3.05) is 34.5 Å². The van der Waals surface area contributed by atoms with Gasteiger partial charge in [-0.1, -0.05) is 51.2 Å². The molecule has 3 aromatic heterocycles. The maximum absolute atomic E-state index is 12.5. The molecule has 56 heavy (non-hydrogen) atoms. The van der Waals surface area contributed by atoms with Crippen LogP contribution in [0.25, 0.3) is 0 Å². The number of rotatable bonds is 15. The van der Waals surface area contributed by atoms with Gasteiger partial charge in [-0.15, -0.1) is 11.3 Å². The fraction of sp³-hybridized carbons (Fsp3) is 0.342. The van der Waals surface area contributed by atoms with Gasteiger partial charge in [0.1, 0.15) is 22.2 Å². The molecule has 5 aromatic rings. The highest BCUT2D eigenvalue weighted by molar-refractivity contribution is 7.17. The Hall–Kier alpha value is -6.01. The van der Waals surface area contributed by atoms with Crippen LogP contribution >= 0.6 is 22.7 Å². The number of amides is 4. The summed E-state index contributed by atoms with van der Waals surface area (Å²) in [5.41, 5.74) is 3.22. The fourth-order valence-corrected chi connectivity index (χ4v) is 6.16. The molecule has 0 spiro atoms. The number of imidazole rings is 1. The summed E-state index contributed by atoms with van der Waals surface area (Å²) in [7, 11) is 1.77. The predicted octanol–water partition coefficient (Wildman–Crippen LogP) is 8.18. The average molecular weight is 807 g/mol. The number of urea groups is 2. The van der Waals surface area contributed by atoms with Crippen molar-refractivity contribution in [2.45, 2.75) is 54.4 Å². The van der Waals surface area contributed by atoms with Crippen molar-refractivity contribution >= 4 is 68.3 Å². The molecule has 0 aliphatic heterocycles. The molecule has 298 valence electrons. The van der Waals surface area contributed by atoms with E-state index in [0.717, 1.165) is 27.3 Å². The Kier molecular flexibility index (Phi) is 15.3. The number of carboxylic acid groups (broad SMARTS) is 2. The first-order valence-corrected chi connectivity index (χ1v) is 19.2. The van der Waals surface area contributed by atoms with Crippen molar-refractivity contribution in [3.8, 4) is 11.5 Å². The number of aromatic nitrogens is 4. The minimum atomic E-state index is -1.08. The van der Waals surface area contributed by atoms with E-state index < -0.39 is 24.0 Å². The molecule has 0 aliphatic rings. The van der Waals surface area contributed by atoms with E-state index >= 15 is 0 Å². The summed E-state index contributed by atoms with van der Waals surface area (Å²) in [6, 6.07) is 10.2. The Balaban J connectivity index is 0.000000259. The first-order chi connectivity index (χ1) is 26.6. The summed E-state index contributed by atoms with van der Waals surface area (Å²) >= 11 is 2.25. The van der Waals surface area contributed by atoms with Gasteiger partial charge in [0.15, 0.2) is 16.0 Å². The monoisotopic (exact) mass is 806 g/mol. The fourth-order valence-electron chi connectivity index (χ4n) is 4.71.